The molecule has 1 aliphatic rings. The van der Waals surface area contributed by atoms with Gasteiger partial charge in [0, 0.05) is 37.3 Å². The lowest BCUT2D eigenvalue weighted by atomic mass is 9.94. The van der Waals surface area contributed by atoms with E-state index < -0.39 is 0 Å². The summed E-state index contributed by atoms with van der Waals surface area (Å²) in [6, 6.07) is 8.00. The molecule has 5 nitrogen and oxygen atoms in total. The van der Waals surface area contributed by atoms with Gasteiger partial charge in [-0.15, -0.1) is 0 Å². The van der Waals surface area contributed by atoms with Gasteiger partial charge in [-0.3, -0.25) is 4.79 Å². The van der Waals surface area contributed by atoms with Gasteiger partial charge < -0.3 is 10.2 Å². The zero-order valence-electron chi connectivity index (χ0n) is 14.4. The molecule has 1 atom stereocenters. The molecule has 6 heteroatoms. The van der Waals surface area contributed by atoms with Gasteiger partial charge in [0.25, 0.3) is 0 Å². The lowest BCUT2D eigenvalue weighted by Gasteiger charge is -2.32. The molecule has 0 unspecified atom stereocenters. The fourth-order valence-electron chi connectivity index (χ4n) is 3.14. The minimum Gasteiger partial charge on any atom is -0.342 e. The van der Waals surface area contributed by atoms with Gasteiger partial charge in [-0.25, -0.2) is 14.4 Å². The third-order valence-corrected chi connectivity index (χ3v) is 4.43. The molecule has 0 radical (unpaired) electrons. The number of piperidine rings is 1. The Balaban J connectivity index is 1.70. The topological polar surface area (TPSA) is 58.1 Å². The number of nitrogens with one attached hydrogen (secondary N) is 1. The number of carbonyl (C=O) groups is 1. The second kappa shape index (κ2) is 8.05. The van der Waals surface area contributed by atoms with Gasteiger partial charge in [0.1, 0.15) is 5.82 Å². The molecule has 1 saturated heterocycles. The van der Waals surface area contributed by atoms with Crippen molar-refractivity contribution in [2.24, 2.45) is 0 Å². The summed E-state index contributed by atoms with van der Waals surface area (Å²) < 4.78 is 13.0. The van der Waals surface area contributed by atoms with E-state index in [0.717, 1.165) is 37.2 Å². The Morgan fingerprint density at radius 1 is 1.32 bits per heavy atom. The van der Waals surface area contributed by atoms with E-state index in [4.69, 9.17) is 0 Å². The molecule has 1 amide bonds. The molecule has 25 heavy (non-hydrogen) atoms. The average Bonchev–Trinajstić information content (AvgIpc) is 2.64. The Bertz CT molecular complexity index is 720. The standard InChI is InChI=1S/C19H23FN4O/c1-2-4-18(25)24-12-3-5-14(13-24)17-10-11-21-19(23-17)22-16-8-6-15(20)7-9-16/h6-11,14H,2-5,12-13H2,1H3,(H,21,22,23)/t14-/m0/s1. The first-order valence-electron chi connectivity index (χ1n) is 8.79. The molecule has 1 fully saturated rings. The van der Waals surface area contributed by atoms with Crippen LogP contribution in [-0.2, 0) is 4.79 Å². The van der Waals surface area contributed by atoms with E-state index in [1.807, 2.05) is 17.9 Å². The van der Waals surface area contributed by atoms with E-state index in [2.05, 4.69) is 15.3 Å². The number of hydrogen-bond donors (Lipinski definition) is 1. The van der Waals surface area contributed by atoms with E-state index in [1.165, 1.54) is 12.1 Å². The molecule has 2 heterocycles. The Hall–Kier alpha value is -2.50. The molecule has 1 N–H and O–H groups in total. The van der Waals surface area contributed by atoms with Crippen LogP contribution in [0, 0.1) is 5.82 Å². The van der Waals surface area contributed by atoms with Crippen molar-refractivity contribution in [1.82, 2.24) is 14.9 Å². The van der Waals surface area contributed by atoms with Gasteiger partial charge in [-0.1, -0.05) is 6.92 Å². The zero-order chi connectivity index (χ0) is 17.6. The van der Waals surface area contributed by atoms with Crippen molar-refractivity contribution in [2.75, 3.05) is 18.4 Å². The highest BCUT2D eigenvalue weighted by molar-refractivity contribution is 5.76. The predicted octanol–water partition coefficient (Wildman–Crippen LogP) is 3.87. The molecule has 132 valence electrons. The van der Waals surface area contributed by atoms with Gasteiger partial charge >= 0.3 is 0 Å². The second-order valence-electron chi connectivity index (χ2n) is 6.37. The maximum atomic E-state index is 13.0. The minimum absolute atomic E-state index is 0.228. The van der Waals surface area contributed by atoms with Crippen molar-refractivity contribution < 1.29 is 9.18 Å². The molecule has 0 spiro atoms. The lowest BCUT2D eigenvalue weighted by Crippen LogP contribution is -2.39. The summed E-state index contributed by atoms with van der Waals surface area (Å²) >= 11 is 0. The van der Waals surface area contributed by atoms with Gasteiger partial charge in [-0.05, 0) is 49.6 Å². The average molecular weight is 342 g/mol. The molecular weight excluding hydrogens is 319 g/mol. The molecule has 3 rings (SSSR count). The molecule has 1 aromatic carbocycles. The summed E-state index contributed by atoms with van der Waals surface area (Å²) in [6.45, 7) is 3.57. The van der Waals surface area contributed by atoms with Crippen LogP contribution in [0.2, 0.25) is 0 Å². The van der Waals surface area contributed by atoms with E-state index >= 15 is 0 Å². The van der Waals surface area contributed by atoms with Gasteiger partial charge in [0.15, 0.2) is 0 Å². The fraction of sp³-hybridized carbons (Fsp3) is 0.421. The largest absolute Gasteiger partial charge is 0.342 e. The number of hydrogen-bond acceptors (Lipinski definition) is 4. The smallest absolute Gasteiger partial charge is 0.227 e. The van der Waals surface area contributed by atoms with Crippen LogP contribution in [0.25, 0.3) is 0 Å². The number of carbonyl (C=O) groups excluding carboxylic acids is 1. The SMILES string of the molecule is CCCC(=O)N1CCC[C@H](c2ccnc(Nc3ccc(F)cc3)n2)C1. The van der Waals surface area contributed by atoms with Crippen LogP contribution in [0.15, 0.2) is 36.5 Å². The highest BCUT2D eigenvalue weighted by Gasteiger charge is 2.25. The molecule has 0 saturated carbocycles. The van der Waals surface area contributed by atoms with Crippen LogP contribution in [0.3, 0.4) is 0 Å². The third-order valence-electron chi connectivity index (χ3n) is 4.43. The number of anilines is 2. The molecule has 1 aromatic heterocycles. The number of amides is 1. The van der Waals surface area contributed by atoms with Crippen LogP contribution >= 0.6 is 0 Å². The zero-order valence-corrected chi connectivity index (χ0v) is 14.4. The normalized spacial score (nSPS) is 17.4. The van der Waals surface area contributed by atoms with Crippen molar-refractivity contribution in [3.05, 3.63) is 48.0 Å². The molecule has 2 aromatic rings. The Morgan fingerprint density at radius 2 is 2.12 bits per heavy atom. The first-order chi connectivity index (χ1) is 12.2. The van der Waals surface area contributed by atoms with E-state index in [-0.39, 0.29) is 17.6 Å². The van der Waals surface area contributed by atoms with Crippen LogP contribution in [0.4, 0.5) is 16.0 Å². The first kappa shape index (κ1) is 17.3. The van der Waals surface area contributed by atoms with Crippen molar-refractivity contribution in [1.29, 1.82) is 0 Å². The van der Waals surface area contributed by atoms with Crippen LogP contribution < -0.4 is 5.32 Å². The third kappa shape index (κ3) is 4.53. The second-order valence-corrected chi connectivity index (χ2v) is 6.37. The van der Waals surface area contributed by atoms with Gasteiger partial charge in [0.05, 0.1) is 5.69 Å². The summed E-state index contributed by atoms with van der Waals surface area (Å²) in [5.74, 6) is 0.664. The van der Waals surface area contributed by atoms with Crippen molar-refractivity contribution in [3.8, 4) is 0 Å². The van der Waals surface area contributed by atoms with E-state index in [0.29, 0.717) is 18.9 Å². The minimum atomic E-state index is -0.278. The fourth-order valence-corrected chi connectivity index (χ4v) is 3.14. The summed E-state index contributed by atoms with van der Waals surface area (Å²) in [5.41, 5.74) is 1.68. The Kier molecular flexibility index (Phi) is 5.58. The molecule has 0 aliphatic carbocycles. The quantitative estimate of drug-likeness (QED) is 0.896. The molecular formula is C19H23FN4O. The highest BCUT2D eigenvalue weighted by atomic mass is 19.1. The van der Waals surface area contributed by atoms with Crippen LogP contribution in [0.5, 0.6) is 0 Å². The number of halogens is 1. The number of likely N-dealkylation sites (tertiary alicyclic amines) is 1. The summed E-state index contributed by atoms with van der Waals surface area (Å²) in [5, 5.41) is 3.10. The number of nitrogens with zero attached hydrogens (tertiary/aromatic N) is 3. The first-order valence-corrected chi connectivity index (χ1v) is 8.79. The van der Waals surface area contributed by atoms with Gasteiger partial charge in [0.2, 0.25) is 11.9 Å². The van der Waals surface area contributed by atoms with Crippen molar-refractivity contribution in [3.63, 3.8) is 0 Å². The van der Waals surface area contributed by atoms with Gasteiger partial charge in [-0.2, -0.15) is 0 Å². The van der Waals surface area contributed by atoms with Crippen LogP contribution in [0.1, 0.15) is 44.2 Å². The molecule has 1 aliphatic heterocycles. The van der Waals surface area contributed by atoms with Crippen LogP contribution in [-0.4, -0.2) is 33.9 Å². The summed E-state index contributed by atoms with van der Waals surface area (Å²) in [4.78, 5) is 23.0. The lowest BCUT2D eigenvalue weighted by molar-refractivity contribution is -0.132. The maximum absolute atomic E-state index is 13.0. The Labute approximate surface area is 147 Å². The Morgan fingerprint density at radius 3 is 2.88 bits per heavy atom. The summed E-state index contributed by atoms with van der Waals surface area (Å²) in [7, 11) is 0. The van der Waals surface area contributed by atoms with Crippen molar-refractivity contribution in [2.45, 2.75) is 38.5 Å². The van der Waals surface area contributed by atoms with E-state index in [9.17, 15) is 9.18 Å². The highest BCUT2D eigenvalue weighted by Crippen LogP contribution is 2.27. The molecule has 0 bridgehead atoms. The predicted molar refractivity (Wildman–Crippen MR) is 95.2 cm³/mol. The monoisotopic (exact) mass is 342 g/mol. The number of benzene rings is 1. The van der Waals surface area contributed by atoms with Crippen molar-refractivity contribution >= 4 is 17.5 Å². The number of aromatic nitrogens is 2. The summed E-state index contributed by atoms with van der Waals surface area (Å²) in [6.07, 6.45) is 5.21. The maximum Gasteiger partial charge on any atom is 0.227 e. The van der Waals surface area contributed by atoms with E-state index in [1.54, 1.807) is 18.3 Å². The number of rotatable bonds is 5.